The molecule has 0 radical (unpaired) electrons. The normalized spacial score (nSPS) is 14.1. The van der Waals surface area contributed by atoms with Crippen LogP contribution >= 0.6 is 0 Å². The summed E-state index contributed by atoms with van der Waals surface area (Å²) in [6, 6.07) is 5.15. The Kier molecular flexibility index (Phi) is 6.96. The van der Waals surface area contributed by atoms with Crippen LogP contribution in [0.15, 0.2) is 18.2 Å². The van der Waals surface area contributed by atoms with Crippen LogP contribution in [0.3, 0.4) is 0 Å². The number of aryl methyl sites for hydroxylation is 1. The summed E-state index contributed by atoms with van der Waals surface area (Å²) in [6.07, 6.45) is 2.58. The highest BCUT2D eigenvalue weighted by Gasteiger charge is 2.21. The van der Waals surface area contributed by atoms with E-state index in [1.807, 2.05) is 6.92 Å². The molecule has 0 aliphatic rings. The summed E-state index contributed by atoms with van der Waals surface area (Å²) in [5, 5.41) is 12.8. The Morgan fingerprint density at radius 2 is 2.15 bits per heavy atom. The Labute approximate surface area is 121 Å². The number of ether oxygens (including phenoxy) is 1. The molecule has 1 rings (SSSR count). The highest BCUT2D eigenvalue weighted by atomic mass is 19.1. The summed E-state index contributed by atoms with van der Waals surface area (Å²) in [7, 11) is 0. The standard InChI is InChI=1S/C16H26FNO2/c1-4-10-18-16(3,12-19)9-6-11-20-14-8-5-7-13(2)15(14)17/h5,7-8,18-19H,4,6,9-12H2,1-3H3. The monoisotopic (exact) mass is 283 g/mol. The molecular formula is C16H26FNO2. The van der Waals surface area contributed by atoms with Crippen molar-refractivity contribution in [1.29, 1.82) is 0 Å². The lowest BCUT2D eigenvalue weighted by atomic mass is 9.97. The minimum atomic E-state index is -0.290. The number of nitrogens with one attached hydrogen (secondary N) is 1. The lowest BCUT2D eigenvalue weighted by molar-refractivity contribution is 0.155. The van der Waals surface area contributed by atoms with E-state index in [9.17, 15) is 9.50 Å². The maximum atomic E-state index is 13.7. The predicted molar refractivity (Wildman–Crippen MR) is 79.7 cm³/mol. The average molecular weight is 283 g/mol. The van der Waals surface area contributed by atoms with Crippen LogP contribution in [0.4, 0.5) is 4.39 Å². The number of rotatable bonds is 9. The summed E-state index contributed by atoms with van der Waals surface area (Å²) in [6.45, 7) is 7.23. The molecule has 0 aromatic heterocycles. The van der Waals surface area contributed by atoms with E-state index >= 15 is 0 Å². The quantitative estimate of drug-likeness (QED) is 0.684. The van der Waals surface area contributed by atoms with Crippen molar-refractivity contribution in [2.45, 2.75) is 45.6 Å². The fraction of sp³-hybridized carbons (Fsp3) is 0.625. The topological polar surface area (TPSA) is 41.5 Å². The summed E-state index contributed by atoms with van der Waals surface area (Å²) >= 11 is 0. The zero-order chi connectivity index (χ0) is 15.0. The Hall–Kier alpha value is -1.13. The molecule has 0 aliphatic heterocycles. The predicted octanol–water partition coefficient (Wildman–Crippen LogP) is 3.04. The van der Waals surface area contributed by atoms with Gasteiger partial charge >= 0.3 is 0 Å². The van der Waals surface area contributed by atoms with E-state index in [1.165, 1.54) is 0 Å². The van der Waals surface area contributed by atoms with Crippen LogP contribution in [-0.4, -0.2) is 30.4 Å². The smallest absolute Gasteiger partial charge is 0.167 e. The molecule has 0 saturated heterocycles. The number of aliphatic hydroxyl groups is 1. The van der Waals surface area contributed by atoms with Crippen LogP contribution in [0.5, 0.6) is 5.75 Å². The van der Waals surface area contributed by atoms with Gasteiger partial charge in [0.25, 0.3) is 0 Å². The lowest BCUT2D eigenvalue weighted by Crippen LogP contribution is -2.46. The fourth-order valence-corrected chi connectivity index (χ4v) is 2.03. The molecule has 1 aromatic carbocycles. The molecule has 0 fully saturated rings. The Morgan fingerprint density at radius 3 is 2.80 bits per heavy atom. The molecule has 0 amide bonds. The molecule has 4 heteroatoms. The molecule has 0 bridgehead atoms. The first-order valence-corrected chi connectivity index (χ1v) is 7.26. The Balaban J connectivity index is 2.38. The van der Waals surface area contributed by atoms with Gasteiger partial charge in [-0.25, -0.2) is 4.39 Å². The van der Waals surface area contributed by atoms with Crippen LogP contribution in [0.25, 0.3) is 0 Å². The zero-order valence-electron chi connectivity index (χ0n) is 12.7. The van der Waals surface area contributed by atoms with Crippen molar-refractivity contribution in [3.63, 3.8) is 0 Å². The first-order chi connectivity index (χ1) is 9.52. The highest BCUT2D eigenvalue weighted by Crippen LogP contribution is 2.20. The molecule has 0 saturated carbocycles. The second kappa shape index (κ2) is 8.22. The van der Waals surface area contributed by atoms with Gasteiger partial charge in [-0.05, 0) is 51.3 Å². The molecular weight excluding hydrogens is 257 g/mol. The Bertz CT molecular complexity index is 411. The summed E-state index contributed by atoms with van der Waals surface area (Å²) in [4.78, 5) is 0. The second-order valence-electron chi connectivity index (χ2n) is 5.48. The van der Waals surface area contributed by atoms with E-state index in [-0.39, 0.29) is 18.0 Å². The van der Waals surface area contributed by atoms with Gasteiger partial charge in [0.05, 0.1) is 13.2 Å². The summed E-state index contributed by atoms with van der Waals surface area (Å²) < 4.78 is 19.2. The third kappa shape index (κ3) is 5.10. The van der Waals surface area contributed by atoms with Crippen LogP contribution < -0.4 is 10.1 Å². The maximum Gasteiger partial charge on any atom is 0.167 e. The number of aliphatic hydroxyl groups excluding tert-OH is 1. The van der Waals surface area contributed by atoms with Gasteiger partial charge in [-0.2, -0.15) is 0 Å². The largest absolute Gasteiger partial charge is 0.491 e. The maximum absolute atomic E-state index is 13.7. The van der Waals surface area contributed by atoms with E-state index in [0.29, 0.717) is 17.9 Å². The summed E-state index contributed by atoms with van der Waals surface area (Å²) in [5.74, 6) is 0.0127. The van der Waals surface area contributed by atoms with Crippen molar-refractivity contribution in [2.75, 3.05) is 19.8 Å². The van der Waals surface area contributed by atoms with E-state index < -0.39 is 0 Å². The van der Waals surface area contributed by atoms with Gasteiger partial charge < -0.3 is 15.2 Å². The number of halogens is 1. The van der Waals surface area contributed by atoms with Crippen molar-refractivity contribution in [3.05, 3.63) is 29.6 Å². The zero-order valence-corrected chi connectivity index (χ0v) is 12.7. The van der Waals surface area contributed by atoms with Gasteiger partial charge in [0.15, 0.2) is 11.6 Å². The van der Waals surface area contributed by atoms with Crippen molar-refractivity contribution >= 4 is 0 Å². The molecule has 20 heavy (non-hydrogen) atoms. The van der Waals surface area contributed by atoms with Gasteiger partial charge in [-0.1, -0.05) is 19.1 Å². The minimum Gasteiger partial charge on any atom is -0.491 e. The highest BCUT2D eigenvalue weighted by molar-refractivity contribution is 5.29. The molecule has 1 unspecified atom stereocenters. The third-order valence-corrected chi connectivity index (χ3v) is 3.44. The van der Waals surface area contributed by atoms with Crippen molar-refractivity contribution in [1.82, 2.24) is 5.32 Å². The van der Waals surface area contributed by atoms with E-state index in [4.69, 9.17) is 4.74 Å². The molecule has 0 spiro atoms. The minimum absolute atomic E-state index is 0.0891. The van der Waals surface area contributed by atoms with Gasteiger partial charge in [-0.3, -0.25) is 0 Å². The van der Waals surface area contributed by atoms with E-state index in [0.717, 1.165) is 25.8 Å². The number of hydrogen-bond donors (Lipinski definition) is 2. The average Bonchev–Trinajstić information content (AvgIpc) is 2.45. The van der Waals surface area contributed by atoms with Crippen LogP contribution in [0.2, 0.25) is 0 Å². The molecule has 0 aliphatic carbocycles. The van der Waals surface area contributed by atoms with Crippen LogP contribution in [-0.2, 0) is 0 Å². The fourth-order valence-electron chi connectivity index (χ4n) is 2.03. The first kappa shape index (κ1) is 16.9. The molecule has 0 heterocycles. The van der Waals surface area contributed by atoms with Crippen molar-refractivity contribution in [3.8, 4) is 5.75 Å². The number of benzene rings is 1. The van der Waals surface area contributed by atoms with Gasteiger partial charge in [-0.15, -0.1) is 0 Å². The second-order valence-corrected chi connectivity index (χ2v) is 5.48. The van der Waals surface area contributed by atoms with Crippen molar-refractivity contribution < 1.29 is 14.2 Å². The first-order valence-electron chi connectivity index (χ1n) is 7.26. The molecule has 114 valence electrons. The number of hydrogen-bond acceptors (Lipinski definition) is 3. The van der Waals surface area contributed by atoms with Gasteiger partial charge in [0, 0.05) is 5.54 Å². The molecule has 3 nitrogen and oxygen atoms in total. The van der Waals surface area contributed by atoms with Crippen LogP contribution in [0.1, 0.15) is 38.7 Å². The van der Waals surface area contributed by atoms with Gasteiger partial charge in [0.1, 0.15) is 0 Å². The molecule has 1 aromatic rings. The Morgan fingerprint density at radius 1 is 1.40 bits per heavy atom. The van der Waals surface area contributed by atoms with Crippen molar-refractivity contribution in [2.24, 2.45) is 0 Å². The molecule has 1 atom stereocenters. The lowest BCUT2D eigenvalue weighted by Gasteiger charge is -2.28. The van der Waals surface area contributed by atoms with E-state index in [2.05, 4.69) is 12.2 Å². The summed E-state index contributed by atoms with van der Waals surface area (Å²) in [5.41, 5.74) is 0.303. The molecule has 2 N–H and O–H groups in total. The van der Waals surface area contributed by atoms with E-state index in [1.54, 1.807) is 25.1 Å². The third-order valence-electron chi connectivity index (χ3n) is 3.44. The van der Waals surface area contributed by atoms with Gasteiger partial charge in [0.2, 0.25) is 0 Å². The SMILES string of the molecule is CCCNC(C)(CO)CCCOc1cccc(C)c1F. The van der Waals surface area contributed by atoms with Crippen LogP contribution in [0, 0.1) is 12.7 Å².